The molecular weight excluding hydrogens is 285 g/mol. The number of hydrogen-bond acceptors (Lipinski definition) is 2. The third-order valence-electron chi connectivity index (χ3n) is 2.82. The van der Waals surface area contributed by atoms with Crippen molar-refractivity contribution < 1.29 is 23.1 Å². The molecule has 0 fully saturated rings. The average Bonchev–Trinajstić information content (AvgIpc) is 2.37. The van der Waals surface area contributed by atoms with E-state index in [9.17, 15) is 18.0 Å². The Morgan fingerprint density at radius 2 is 1.86 bits per heavy atom. The SMILES string of the molecule is Cc1cc(NC(=O)O)cnc1-c1ccc(C(F)(F)F)cc1. The number of aromatic nitrogens is 1. The van der Waals surface area contributed by atoms with Gasteiger partial charge in [0.2, 0.25) is 0 Å². The minimum absolute atomic E-state index is 0.302. The van der Waals surface area contributed by atoms with Crippen LogP contribution in [-0.2, 0) is 6.18 Å². The number of carboxylic acid groups (broad SMARTS) is 1. The molecule has 0 aliphatic heterocycles. The Kier molecular flexibility index (Phi) is 3.84. The van der Waals surface area contributed by atoms with Gasteiger partial charge in [0.25, 0.3) is 0 Å². The van der Waals surface area contributed by atoms with Gasteiger partial charge in [-0.2, -0.15) is 13.2 Å². The van der Waals surface area contributed by atoms with Crippen LogP contribution in [0.4, 0.5) is 23.7 Å². The Morgan fingerprint density at radius 3 is 2.33 bits per heavy atom. The maximum atomic E-state index is 12.5. The van der Waals surface area contributed by atoms with Gasteiger partial charge >= 0.3 is 12.3 Å². The Bertz CT molecular complexity index is 667. The number of aryl methyl sites for hydroxylation is 1. The molecule has 0 saturated heterocycles. The van der Waals surface area contributed by atoms with Crippen LogP contribution < -0.4 is 5.32 Å². The quantitative estimate of drug-likeness (QED) is 0.874. The minimum Gasteiger partial charge on any atom is -0.465 e. The van der Waals surface area contributed by atoms with Crippen molar-refractivity contribution in [2.24, 2.45) is 0 Å². The second-order valence-corrected chi connectivity index (χ2v) is 4.39. The smallest absolute Gasteiger partial charge is 0.416 e. The van der Waals surface area contributed by atoms with Crippen LogP contribution in [0.1, 0.15) is 11.1 Å². The summed E-state index contributed by atoms with van der Waals surface area (Å²) in [6.45, 7) is 1.70. The molecule has 0 saturated carbocycles. The number of halogens is 3. The summed E-state index contributed by atoms with van der Waals surface area (Å²) in [5.41, 5.74) is 1.26. The first kappa shape index (κ1) is 14.8. The fourth-order valence-electron chi connectivity index (χ4n) is 1.89. The van der Waals surface area contributed by atoms with E-state index in [2.05, 4.69) is 10.3 Å². The molecule has 1 aromatic heterocycles. The highest BCUT2D eigenvalue weighted by Crippen LogP contribution is 2.31. The lowest BCUT2D eigenvalue weighted by Gasteiger charge is -2.10. The third-order valence-corrected chi connectivity index (χ3v) is 2.82. The Balaban J connectivity index is 2.32. The summed E-state index contributed by atoms with van der Waals surface area (Å²) >= 11 is 0. The molecule has 1 amide bonds. The van der Waals surface area contributed by atoms with Gasteiger partial charge in [0, 0.05) is 5.56 Å². The first-order valence-corrected chi connectivity index (χ1v) is 5.91. The van der Waals surface area contributed by atoms with Gasteiger partial charge in [-0.3, -0.25) is 10.3 Å². The zero-order chi connectivity index (χ0) is 15.6. The molecule has 2 N–H and O–H groups in total. The molecule has 0 radical (unpaired) electrons. The number of alkyl halides is 3. The van der Waals surface area contributed by atoms with Crippen LogP contribution in [0.15, 0.2) is 36.5 Å². The molecule has 0 aliphatic rings. The van der Waals surface area contributed by atoms with Crippen molar-refractivity contribution in [1.82, 2.24) is 4.98 Å². The topological polar surface area (TPSA) is 62.2 Å². The maximum absolute atomic E-state index is 12.5. The molecule has 1 aromatic carbocycles. The summed E-state index contributed by atoms with van der Waals surface area (Å²) in [5, 5.41) is 10.8. The number of rotatable bonds is 2. The number of amides is 1. The molecule has 0 unspecified atom stereocenters. The van der Waals surface area contributed by atoms with E-state index >= 15 is 0 Å². The molecule has 7 heteroatoms. The summed E-state index contributed by atoms with van der Waals surface area (Å²) in [4.78, 5) is 14.6. The zero-order valence-corrected chi connectivity index (χ0v) is 10.9. The number of carbonyl (C=O) groups is 1. The van der Waals surface area contributed by atoms with Crippen molar-refractivity contribution in [3.05, 3.63) is 47.7 Å². The number of hydrogen-bond donors (Lipinski definition) is 2. The molecule has 110 valence electrons. The highest BCUT2D eigenvalue weighted by atomic mass is 19.4. The molecule has 2 rings (SSSR count). The standard InChI is InChI=1S/C14H11F3N2O2/c1-8-6-11(19-13(20)21)7-18-12(8)9-2-4-10(5-3-9)14(15,16)17/h2-7,19H,1H3,(H,20,21). The minimum atomic E-state index is -4.38. The first-order chi connectivity index (χ1) is 9.77. The highest BCUT2D eigenvalue weighted by Gasteiger charge is 2.30. The third kappa shape index (κ3) is 3.50. The average molecular weight is 296 g/mol. The fourth-order valence-corrected chi connectivity index (χ4v) is 1.89. The van der Waals surface area contributed by atoms with Gasteiger partial charge < -0.3 is 5.11 Å². The summed E-state index contributed by atoms with van der Waals surface area (Å²) in [7, 11) is 0. The van der Waals surface area contributed by atoms with Gasteiger partial charge in [0.15, 0.2) is 0 Å². The van der Waals surface area contributed by atoms with Gasteiger partial charge in [0.1, 0.15) is 0 Å². The van der Waals surface area contributed by atoms with Crippen LogP contribution >= 0.6 is 0 Å². The Hall–Kier alpha value is -2.57. The zero-order valence-electron chi connectivity index (χ0n) is 10.9. The van der Waals surface area contributed by atoms with Crippen molar-refractivity contribution in [2.45, 2.75) is 13.1 Å². The molecule has 21 heavy (non-hydrogen) atoms. The van der Waals surface area contributed by atoms with E-state index in [-0.39, 0.29) is 0 Å². The second-order valence-electron chi connectivity index (χ2n) is 4.39. The van der Waals surface area contributed by atoms with Gasteiger partial charge in [-0.15, -0.1) is 0 Å². The second kappa shape index (κ2) is 5.43. The maximum Gasteiger partial charge on any atom is 0.416 e. The van der Waals surface area contributed by atoms with E-state index < -0.39 is 17.8 Å². The Morgan fingerprint density at radius 1 is 1.24 bits per heavy atom. The van der Waals surface area contributed by atoms with Gasteiger partial charge in [0.05, 0.1) is 23.1 Å². The lowest BCUT2D eigenvalue weighted by molar-refractivity contribution is -0.137. The summed E-state index contributed by atoms with van der Waals surface area (Å²) in [6, 6.07) is 6.21. The molecule has 2 aromatic rings. The Labute approximate surface area is 118 Å². The highest BCUT2D eigenvalue weighted by molar-refractivity contribution is 5.83. The monoisotopic (exact) mass is 296 g/mol. The van der Waals surface area contributed by atoms with Gasteiger partial charge in [-0.25, -0.2) is 4.79 Å². The summed E-state index contributed by atoms with van der Waals surface area (Å²) in [5.74, 6) is 0. The first-order valence-electron chi connectivity index (χ1n) is 5.91. The van der Waals surface area contributed by atoms with Crippen molar-refractivity contribution >= 4 is 11.8 Å². The van der Waals surface area contributed by atoms with Crippen molar-refractivity contribution in [3.63, 3.8) is 0 Å². The van der Waals surface area contributed by atoms with Crippen LogP contribution in [0.3, 0.4) is 0 Å². The predicted octanol–water partition coefficient (Wildman–Crippen LogP) is 4.17. The van der Waals surface area contributed by atoms with Crippen molar-refractivity contribution in [2.75, 3.05) is 5.32 Å². The van der Waals surface area contributed by atoms with Crippen LogP contribution in [0.25, 0.3) is 11.3 Å². The van der Waals surface area contributed by atoms with Gasteiger partial charge in [-0.1, -0.05) is 12.1 Å². The van der Waals surface area contributed by atoms with E-state index in [1.54, 1.807) is 13.0 Å². The van der Waals surface area contributed by atoms with Crippen LogP contribution in [0.5, 0.6) is 0 Å². The lowest BCUT2D eigenvalue weighted by Crippen LogP contribution is -2.08. The number of nitrogens with zero attached hydrogens (tertiary/aromatic N) is 1. The van der Waals surface area contributed by atoms with Crippen LogP contribution in [0.2, 0.25) is 0 Å². The summed E-state index contributed by atoms with van der Waals surface area (Å²) in [6.07, 6.45) is -4.27. The van der Waals surface area contributed by atoms with E-state index in [0.717, 1.165) is 12.1 Å². The normalized spacial score (nSPS) is 11.2. The number of benzene rings is 1. The van der Waals surface area contributed by atoms with Gasteiger partial charge in [-0.05, 0) is 30.7 Å². The van der Waals surface area contributed by atoms with E-state index in [1.807, 2.05) is 0 Å². The van der Waals surface area contributed by atoms with E-state index in [0.29, 0.717) is 22.5 Å². The van der Waals surface area contributed by atoms with E-state index in [1.165, 1.54) is 18.3 Å². The van der Waals surface area contributed by atoms with Crippen molar-refractivity contribution in [3.8, 4) is 11.3 Å². The largest absolute Gasteiger partial charge is 0.465 e. The molecule has 1 heterocycles. The van der Waals surface area contributed by atoms with Crippen molar-refractivity contribution in [1.29, 1.82) is 0 Å². The predicted molar refractivity (Wildman–Crippen MR) is 71.1 cm³/mol. The number of nitrogens with one attached hydrogen (secondary N) is 1. The lowest BCUT2D eigenvalue weighted by atomic mass is 10.0. The number of anilines is 1. The fraction of sp³-hybridized carbons (Fsp3) is 0.143. The molecular formula is C14H11F3N2O2. The molecule has 4 nitrogen and oxygen atoms in total. The molecule has 0 aliphatic carbocycles. The van der Waals surface area contributed by atoms with Crippen LogP contribution in [0, 0.1) is 6.92 Å². The van der Waals surface area contributed by atoms with E-state index in [4.69, 9.17) is 5.11 Å². The summed E-state index contributed by atoms with van der Waals surface area (Å²) < 4.78 is 37.5. The number of pyridine rings is 1. The van der Waals surface area contributed by atoms with Crippen LogP contribution in [-0.4, -0.2) is 16.2 Å². The molecule has 0 atom stereocenters. The molecule has 0 spiro atoms. The molecule has 0 bridgehead atoms.